The molecule has 0 radical (unpaired) electrons. The quantitative estimate of drug-likeness (QED) is 0.797. The zero-order valence-corrected chi connectivity index (χ0v) is 11.4. The van der Waals surface area contributed by atoms with Crippen LogP contribution >= 0.6 is 0 Å². The molecule has 0 spiro atoms. The van der Waals surface area contributed by atoms with Gasteiger partial charge in [0.2, 0.25) is 6.79 Å². The fourth-order valence-corrected chi connectivity index (χ4v) is 2.38. The van der Waals surface area contributed by atoms with Gasteiger partial charge in [0.05, 0.1) is 6.54 Å². The Kier molecular flexibility index (Phi) is 2.67. The van der Waals surface area contributed by atoms with Gasteiger partial charge in [-0.2, -0.15) is 0 Å². The van der Waals surface area contributed by atoms with Crippen molar-refractivity contribution >= 4 is 16.6 Å². The summed E-state index contributed by atoms with van der Waals surface area (Å²) in [7, 11) is 0. The number of pyridine rings is 1. The van der Waals surface area contributed by atoms with Crippen molar-refractivity contribution in [3.63, 3.8) is 0 Å². The van der Waals surface area contributed by atoms with Crippen molar-refractivity contribution in [2.45, 2.75) is 13.5 Å². The van der Waals surface area contributed by atoms with Crippen LogP contribution in [0, 0.1) is 6.92 Å². The van der Waals surface area contributed by atoms with Gasteiger partial charge in [-0.05, 0) is 30.5 Å². The molecular weight excluding hydrogens is 270 g/mol. The zero-order valence-electron chi connectivity index (χ0n) is 11.4. The molecule has 106 valence electrons. The molecule has 3 heterocycles. The van der Waals surface area contributed by atoms with Crippen LogP contribution in [-0.4, -0.2) is 16.9 Å². The molecule has 21 heavy (non-hydrogen) atoms. The van der Waals surface area contributed by atoms with Gasteiger partial charge in [0, 0.05) is 17.6 Å². The number of anilines is 1. The highest BCUT2D eigenvalue weighted by molar-refractivity contribution is 5.94. The third kappa shape index (κ3) is 2.14. The number of aromatic nitrogens is 2. The molecule has 4 rings (SSSR count). The van der Waals surface area contributed by atoms with E-state index in [9.17, 15) is 0 Å². The lowest BCUT2D eigenvalue weighted by molar-refractivity contribution is 0.174. The van der Waals surface area contributed by atoms with E-state index < -0.39 is 0 Å². The number of nitrogens with one attached hydrogen (secondary N) is 1. The van der Waals surface area contributed by atoms with Crippen molar-refractivity contribution in [1.29, 1.82) is 0 Å². The molecule has 0 unspecified atom stereocenters. The lowest BCUT2D eigenvalue weighted by Gasteiger charge is -2.08. The molecule has 0 bridgehead atoms. The fraction of sp³-hybridized carbons (Fsp3) is 0.200. The number of ether oxygens (including phenoxy) is 2. The second-order valence-electron chi connectivity index (χ2n) is 4.87. The second kappa shape index (κ2) is 4.66. The predicted molar refractivity (Wildman–Crippen MR) is 76.4 cm³/mol. The van der Waals surface area contributed by atoms with Crippen LogP contribution in [0.2, 0.25) is 0 Å². The Morgan fingerprint density at radius 2 is 2.05 bits per heavy atom. The standard InChI is InChI=1S/C15H13N3O3/c1-9-4-11(18-21-9)7-17-15-12-6-14-13(19-8-20-14)5-10(12)2-3-16-15/h2-6H,7-8H2,1H3,(H,16,17). The first-order valence-corrected chi connectivity index (χ1v) is 6.64. The molecular formula is C15H13N3O3. The Labute approximate surface area is 120 Å². The number of fused-ring (bicyclic) bond motifs is 2. The minimum Gasteiger partial charge on any atom is -0.454 e. The Morgan fingerprint density at radius 3 is 2.86 bits per heavy atom. The maximum absolute atomic E-state index is 5.42. The van der Waals surface area contributed by atoms with E-state index >= 15 is 0 Å². The van der Waals surface area contributed by atoms with Crippen molar-refractivity contribution in [2.24, 2.45) is 0 Å². The van der Waals surface area contributed by atoms with Gasteiger partial charge in [-0.15, -0.1) is 0 Å². The monoisotopic (exact) mass is 283 g/mol. The topological polar surface area (TPSA) is 69.4 Å². The van der Waals surface area contributed by atoms with Crippen LogP contribution < -0.4 is 14.8 Å². The summed E-state index contributed by atoms with van der Waals surface area (Å²) in [5, 5.41) is 9.27. The number of hydrogen-bond donors (Lipinski definition) is 1. The van der Waals surface area contributed by atoms with E-state index in [2.05, 4.69) is 15.5 Å². The second-order valence-corrected chi connectivity index (χ2v) is 4.87. The SMILES string of the molecule is Cc1cc(CNc2nccc3cc4c(cc23)OCO4)no1. The van der Waals surface area contributed by atoms with Gasteiger partial charge in [0.1, 0.15) is 17.3 Å². The first kappa shape index (κ1) is 12.0. The Balaban J connectivity index is 1.68. The van der Waals surface area contributed by atoms with Gasteiger partial charge >= 0.3 is 0 Å². The number of aryl methyl sites for hydroxylation is 1. The zero-order chi connectivity index (χ0) is 14.2. The lowest BCUT2D eigenvalue weighted by Crippen LogP contribution is -2.02. The molecule has 3 aromatic rings. The maximum Gasteiger partial charge on any atom is 0.231 e. The van der Waals surface area contributed by atoms with Gasteiger partial charge < -0.3 is 19.3 Å². The predicted octanol–water partition coefficient (Wildman–Crippen LogP) is 2.87. The molecule has 0 fully saturated rings. The van der Waals surface area contributed by atoms with Gasteiger partial charge in [-0.1, -0.05) is 5.16 Å². The first-order valence-electron chi connectivity index (χ1n) is 6.64. The van der Waals surface area contributed by atoms with Gasteiger partial charge in [0.25, 0.3) is 0 Å². The average Bonchev–Trinajstić information content (AvgIpc) is 3.11. The van der Waals surface area contributed by atoms with Crippen LogP contribution in [0.25, 0.3) is 10.8 Å². The third-order valence-corrected chi connectivity index (χ3v) is 3.37. The number of rotatable bonds is 3. The van der Waals surface area contributed by atoms with E-state index in [1.54, 1.807) is 6.20 Å². The summed E-state index contributed by atoms with van der Waals surface area (Å²) in [6.45, 7) is 2.69. The normalized spacial score (nSPS) is 12.8. The molecule has 0 saturated heterocycles. The third-order valence-electron chi connectivity index (χ3n) is 3.37. The molecule has 2 aromatic heterocycles. The van der Waals surface area contributed by atoms with E-state index in [-0.39, 0.29) is 6.79 Å². The minimum absolute atomic E-state index is 0.264. The summed E-state index contributed by atoms with van der Waals surface area (Å²) < 4.78 is 15.9. The van der Waals surface area contributed by atoms with E-state index in [0.29, 0.717) is 6.54 Å². The largest absolute Gasteiger partial charge is 0.454 e. The van der Waals surface area contributed by atoms with E-state index in [1.165, 1.54) is 0 Å². The highest BCUT2D eigenvalue weighted by atomic mass is 16.7. The van der Waals surface area contributed by atoms with Crippen LogP contribution in [0.4, 0.5) is 5.82 Å². The van der Waals surface area contributed by atoms with Crippen LogP contribution in [-0.2, 0) is 6.54 Å². The summed E-state index contributed by atoms with van der Waals surface area (Å²) in [5.41, 5.74) is 0.840. The highest BCUT2D eigenvalue weighted by Gasteiger charge is 2.16. The molecule has 0 atom stereocenters. The smallest absolute Gasteiger partial charge is 0.231 e. The van der Waals surface area contributed by atoms with Gasteiger partial charge in [0.15, 0.2) is 11.5 Å². The number of hydrogen-bond acceptors (Lipinski definition) is 6. The van der Waals surface area contributed by atoms with Crippen molar-refractivity contribution in [1.82, 2.24) is 10.1 Å². The molecule has 0 amide bonds. The molecule has 6 nitrogen and oxygen atoms in total. The first-order chi connectivity index (χ1) is 10.3. The number of nitrogens with zero attached hydrogens (tertiary/aromatic N) is 2. The van der Waals surface area contributed by atoms with Crippen molar-refractivity contribution in [2.75, 3.05) is 12.1 Å². The van der Waals surface area contributed by atoms with E-state index in [0.717, 1.165) is 39.5 Å². The molecule has 1 aromatic carbocycles. The highest BCUT2D eigenvalue weighted by Crippen LogP contribution is 2.37. The fourth-order valence-electron chi connectivity index (χ4n) is 2.38. The van der Waals surface area contributed by atoms with E-state index in [4.69, 9.17) is 14.0 Å². The van der Waals surface area contributed by atoms with Crippen LogP contribution in [0.5, 0.6) is 11.5 Å². The summed E-state index contributed by atoms with van der Waals surface area (Å²) in [6.07, 6.45) is 1.76. The van der Waals surface area contributed by atoms with Crippen LogP contribution in [0.3, 0.4) is 0 Å². The lowest BCUT2D eigenvalue weighted by atomic mass is 10.1. The van der Waals surface area contributed by atoms with Crippen molar-refractivity contribution in [3.8, 4) is 11.5 Å². The van der Waals surface area contributed by atoms with Crippen LogP contribution in [0.1, 0.15) is 11.5 Å². The average molecular weight is 283 g/mol. The minimum atomic E-state index is 0.264. The summed E-state index contributed by atoms with van der Waals surface area (Å²) in [4.78, 5) is 4.39. The van der Waals surface area contributed by atoms with Crippen LogP contribution in [0.15, 0.2) is 35.0 Å². The number of benzene rings is 1. The molecule has 1 aliphatic heterocycles. The Morgan fingerprint density at radius 1 is 1.19 bits per heavy atom. The molecule has 6 heteroatoms. The molecule has 1 N–H and O–H groups in total. The molecule has 1 aliphatic rings. The van der Waals surface area contributed by atoms with Gasteiger partial charge in [-0.25, -0.2) is 4.98 Å². The molecule has 0 aliphatic carbocycles. The van der Waals surface area contributed by atoms with Crippen molar-refractivity contribution < 1.29 is 14.0 Å². The Bertz CT molecular complexity index is 813. The van der Waals surface area contributed by atoms with Gasteiger partial charge in [-0.3, -0.25) is 0 Å². The summed E-state index contributed by atoms with van der Waals surface area (Å²) in [6, 6.07) is 7.75. The van der Waals surface area contributed by atoms with Crippen molar-refractivity contribution in [3.05, 3.63) is 41.9 Å². The van der Waals surface area contributed by atoms with E-state index in [1.807, 2.05) is 31.2 Å². The maximum atomic E-state index is 5.42. The summed E-state index contributed by atoms with van der Waals surface area (Å²) >= 11 is 0. The summed E-state index contributed by atoms with van der Waals surface area (Å²) in [5.74, 6) is 3.09. The molecule has 0 saturated carbocycles. The Hall–Kier alpha value is -2.76.